The van der Waals surface area contributed by atoms with Crippen LogP contribution in [0, 0.1) is 0 Å². The van der Waals surface area contributed by atoms with Crippen molar-refractivity contribution in [1.29, 1.82) is 0 Å². The van der Waals surface area contributed by atoms with Gasteiger partial charge in [-0.05, 0) is 23.8 Å². The van der Waals surface area contributed by atoms with E-state index in [1.807, 2.05) is 29.6 Å². The van der Waals surface area contributed by atoms with Crippen LogP contribution in [-0.2, 0) is 6.54 Å². The number of amides is 2. The fourth-order valence-electron chi connectivity index (χ4n) is 2.90. The minimum atomic E-state index is -0.233. The number of carbonyl (C=O) groups is 1. The van der Waals surface area contributed by atoms with Crippen LogP contribution in [0.5, 0.6) is 11.5 Å². The van der Waals surface area contributed by atoms with Crippen LogP contribution < -0.4 is 19.7 Å². The minimum absolute atomic E-state index is 0.173. The topological polar surface area (TPSA) is 76.6 Å². The summed E-state index contributed by atoms with van der Waals surface area (Å²) in [5.41, 5.74) is 2.62. The van der Waals surface area contributed by atoms with E-state index in [9.17, 15) is 4.79 Å². The molecule has 0 saturated carbocycles. The lowest BCUT2D eigenvalue weighted by atomic mass is 10.1. The Balaban J connectivity index is 1.48. The summed E-state index contributed by atoms with van der Waals surface area (Å²) in [5, 5.41) is 5.63. The number of thiazole rings is 1. The number of carbonyl (C=O) groups excluding carboxylic acids is 1. The van der Waals surface area contributed by atoms with Gasteiger partial charge in [-0.1, -0.05) is 6.07 Å². The molecule has 2 aliphatic rings. The Kier molecular flexibility index (Phi) is 3.10. The second kappa shape index (κ2) is 5.45. The lowest BCUT2D eigenvalue weighted by Crippen LogP contribution is -2.39. The third-order valence-electron chi connectivity index (χ3n) is 4.13. The molecular formula is C17H12N4O3S. The highest BCUT2D eigenvalue weighted by Crippen LogP contribution is 2.44. The molecule has 5 rings (SSSR count). The number of nitrogens with one attached hydrogen (secondary N) is 1. The molecule has 0 saturated heterocycles. The van der Waals surface area contributed by atoms with E-state index in [1.54, 1.807) is 17.3 Å². The van der Waals surface area contributed by atoms with E-state index in [2.05, 4.69) is 15.3 Å². The molecule has 1 aromatic carbocycles. The first-order chi connectivity index (χ1) is 12.3. The molecule has 0 bridgehead atoms. The van der Waals surface area contributed by atoms with Crippen molar-refractivity contribution in [3.05, 3.63) is 47.6 Å². The number of ether oxygens (including phenoxy) is 2. The molecule has 0 spiro atoms. The summed E-state index contributed by atoms with van der Waals surface area (Å²) < 4.78 is 10.8. The van der Waals surface area contributed by atoms with E-state index in [4.69, 9.17) is 9.47 Å². The van der Waals surface area contributed by atoms with Crippen LogP contribution in [0.25, 0.3) is 10.6 Å². The quantitative estimate of drug-likeness (QED) is 0.764. The first kappa shape index (κ1) is 14.2. The molecule has 3 aromatic rings. The second-order valence-corrected chi connectivity index (χ2v) is 6.45. The van der Waals surface area contributed by atoms with E-state index in [0.29, 0.717) is 29.5 Å². The average molecular weight is 352 g/mol. The third-order valence-corrected chi connectivity index (χ3v) is 5.01. The molecule has 2 aliphatic heterocycles. The van der Waals surface area contributed by atoms with E-state index < -0.39 is 0 Å². The molecule has 0 unspecified atom stereocenters. The first-order valence-electron chi connectivity index (χ1n) is 7.65. The number of benzene rings is 1. The van der Waals surface area contributed by atoms with Crippen molar-refractivity contribution in [1.82, 2.24) is 9.97 Å². The van der Waals surface area contributed by atoms with E-state index >= 15 is 0 Å². The smallest absolute Gasteiger partial charge is 0.327 e. The summed E-state index contributed by atoms with van der Waals surface area (Å²) in [7, 11) is 0. The number of anilines is 2. The summed E-state index contributed by atoms with van der Waals surface area (Å²) in [6, 6.07) is 7.36. The van der Waals surface area contributed by atoms with Gasteiger partial charge in [0.25, 0.3) is 0 Å². The standard InChI is InChI=1S/C17H12N4O3S/c22-17-20-14-11(1-2-12-15(14)24-9-23-12)7-21(17)13-8-25-16(19-13)10-3-5-18-6-4-10/h1-6,8H,7,9H2,(H,20,22). The molecule has 7 nitrogen and oxygen atoms in total. The first-order valence-corrected chi connectivity index (χ1v) is 8.53. The average Bonchev–Trinajstić information content (AvgIpc) is 3.31. The molecule has 25 heavy (non-hydrogen) atoms. The number of fused-ring (bicyclic) bond motifs is 3. The van der Waals surface area contributed by atoms with E-state index in [0.717, 1.165) is 16.1 Å². The van der Waals surface area contributed by atoms with Crippen molar-refractivity contribution >= 4 is 28.9 Å². The van der Waals surface area contributed by atoms with Gasteiger partial charge in [0, 0.05) is 23.3 Å². The number of rotatable bonds is 2. The Labute approximate surface area is 146 Å². The Bertz CT molecular complexity index is 973. The zero-order chi connectivity index (χ0) is 16.8. The summed E-state index contributed by atoms with van der Waals surface area (Å²) in [4.78, 5) is 22.8. The van der Waals surface area contributed by atoms with Gasteiger partial charge in [0.05, 0.1) is 12.2 Å². The van der Waals surface area contributed by atoms with Crippen LogP contribution in [0.3, 0.4) is 0 Å². The van der Waals surface area contributed by atoms with Crippen molar-refractivity contribution in [3.63, 3.8) is 0 Å². The molecule has 2 aromatic heterocycles. The molecule has 4 heterocycles. The maximum atomic E-state index is 12.6. The summed E-state index contributed by atoms with van der Waals surface area (Å²) in [5.74, 6) is 1.88. The fraction of sp³-hybridized carbons (Fsp3) is 0.118. The van der Waals surface area contributed by atoms with Gasteiger partial charge in [0.1, 0.15) is 10.8 Å². The molecule has 8 heteroatoms. The predicted octanol–water partition coefficient (Wildman–Crippen LogP) is 3.49. The number of hydrogen-bond donors (Lipinski definition) is 1. The number of aromatic nitrogens is 2. The summed E-state index contributed by atoms with van der Waals surface area (Å²) >= 11 is 1.49. The lowest BCUT2D eigenvalue weighted by molar-refractivity contribution is 0.174. The van der Waals surface area contributed by atoms with E-state index in [-0.39, 0.29) is 12.8 Å². The van der Waals surface area contributed by atoms with Crippen LogP contribution in [0.4, 0.5) is 16.3 Å². The molecule has 124 valence electrons. The van der Waals surface area contributed by atoms with Gasteiger partial charge in [-0.15, -0.1) is 11.3 Å². The fourth-order valence-corrected chi connectivity index (χ4v) is 3.72. The van der Waals surface area contributed by atoms with Gasteiger partial charge in [-0.3, -0.25) is 9.88 Å². The molecule has 2 amide bonds. The van der Waals surface area contributed by atoms with E-state index in [1.165, 1.54) is 11.3 Å². The van der Waals surface area contributed by atoms with Crippen molar-refractivity contribution in [3.8, 4) is 22.1 Å². The molecule has 0 atom stereocenters. The number of hydrogen-bond acceptors (Lipinski definition) is 6. The Morgan fingerprint density at radius 2 is 2.04 bits per heavy atom. The Morgan fingerprint density at radius 1 is 1.16 bits per heavy atom. The number of urea groups is 1. The van der Waals surface area contributed by atoms with Gasteiger partial charge in [0.15, 0.2) is 11.5 Å². The van der Waals surface area contributed by atoms with Crippen molar-refractivity contribution in [2.24, 2.45) is 0 Å². The van der Waals surface area contributed by atoms with Crippen LogP contribution in [0.1, 0.15) is 5.56 Å². The Hall–Kier alpha value is -3.13. The third kappa shape index (κ3) is 2.30. The van der Waals surface area contributed by atoms with Crippen molar-refractivity contribution < 1.29 is 14.3 Å². The van der Waals surface area contributed by atoms with Gasteiger partial charge in [-0.2, -0.15) is 0 Å². The lowest BCUT2D eigenvalue weighted by Gasteiger charge is -2.28. The highest BCUT2D eigenvalue weighted by atomic mass is 32.1. The zero-order valence-electron chi connectivity index (χ0n) is 12.9. The number of nitrogens with zero attached hydrogens (tertiary/aromatic N) is 3. The Morgan fingerprint density at radius 3 is 2.92 bits per heavy atom. The highest BCUT2D eigenvalue weighted by molar-refractivity contribution is 7.13. The van der Waals surface area contributed by atoms with Crippen LogP contribution in [0.15, 0.2) is 42.0 Å². The molecule has 1 N–H and O–H groups in total. The monoisotopic (exact) mass is 352 g/mol. The SMILES string of the molecule is O=C1Nc2c(ccc3c2OCO3)CN1c1csc(-c2ccncc2)n1. The van der Waals surface area contributed by atoms with Gasteiger partial charge >= 0.3 is 6.03 Å². The van der Waals surface area contributed by atoms with Crippen LogP contribution in [-0.4, -0.2) is 22.8 Å². The normalized spacial score (nSPS) is 15.0. The van der Waals surface area contributed by atoms with Crippen LogP contribution in [0.2, 0.25) is 0 Å². The number of pyridine rings is 1. The van der Waals surface area contributed by atoms with Crippen molar-refractivity contribution in [2.45, 2.75) is 6.54 Å². The maximum absolute atomic E-state index is 12.6. The van der Waals surface area contributed by atoms with Gasteiger partial charge < -0.3 is 14.8 Å². The maximum Gasteiger partial charge on any atom is 0.327 e. The predicted molar refractivity (Wildman–Crippen MR) is 93.1 cm³/mol. The molecule has 0 fully saturated rings. The highest BCUT2D eigenvalue weighted by Gasteiger charge is 2.31. The minimum Gasteiger partial charge on any atom is -0.454 e. The van der Waals surface area contributed by atoms with Gasteiger partial charge in [-0.25, -0.2) is 9.78 Å². The zero-order valence-corrected chi connectivity index (χ0v) is 13.7. The second-order valence-electron chi connectivity index (χ2n) is 5.60. The largest absolute Gasteiger partial charge is 0.454 e. The summed E-state index contributed by atoms with van der Waals surface area (Å²) in [6.07, 6.45) is 3.45. The molecule has 0 radical (unpaired) electrons. The van der Waals surface area contributed by atoms with Crippen molar-refractivity contribution in [2.75, 3.05) is 17.0 Å². The van der Waals surface area contributed by atoms with Crippen LogP contribution >= 0.6 is 11.3 Å². The van der Waals surface area contributed by atoms with Gasteiger partial charge in [0.2, 0.25) is 6.79 Å². The molecule has 0 aliphatic carbocycles. The molecular weight excluding hydrogens is 340 g/mol. The summed E-state index contributed by atoms with van der Waals surface area (Å²) in [6.45, 7) is 0.601.